The summed E-state index contributed by atoms with van der Waals surface area (Å²) < 4.78 is 24.9. The van der Waals surface area contributed by atoms with Gasteiger partial charge in [-0.1, -0.05) is 0 Å². The summed E-state index contributed by atoms with van der Waals surface area (Å²) in [4.78, 5) is 0. The molecule has 0 saturated heterocycles. The molecule has 0 spiro atoms. The summed E-state index contributed by atoms with van der Waals surface area (Å²) in [5, 5.41) is 0. The van der Waals surface area contributed by atoms with Crippen molar-refractivity contribution < 1.29 is 8.78 Å². The summed E-state index contributed by atoms with van der Waals surface area (Å²) in [5.41, 5.74) is 0.985. The molecule has 0 unspecified atom stereocenters. The fourth-order valence-corrected chi connectivity index (χ4v) is 0.687. The van der Waals surface area contributed by atoms with E-state index < -0.39 is 11.6 Å². The van der Waals surface area contributed by atoms with E-state index in [9.17, 15) is 8.78 Å². The van der Waals surface area contributed by atoms with Gasteiger partial charge < -0.3 is 0 Å². The van der Waals surface area contributed by atoms with Crippen molar-refractivity contribution in [1.82, 2.24) is 0 Å². The van der Waals surface area contributed by atoms with Crippen LogP contribution in [0.3, 0.4) is 0 Å². The van der Waals surface area contributed by atoms with Gasteiger partial charge in [0.25, 0.3) is 0 Å². The lowest BCUT2D eigenvalue weighted by Crippen LogP contribution is -1.91. The molecular weight excluding hydrogens is 134 g/mol. The van der Waals surface area contributed by atoms with E-state index in [-0.39, 0.29) is 0 Å². The van der Waals surface area contributed by atoms with Crippen LogP contribution in [0, 0.1) is 31.5 Å². The van der Waals surface area contributed by atoms with Gasteiger partial charge in [0.1, 0.15) is 0 Å². The molecule has 10 heavy (non-hydrogen) atoms. The van der Waals surface area contributed by atoms with Crippen LogP contribution in [0.2, 0.25) is 0 Å². The van der Waals surface area contributed by atoms with Crippen molar-refractivity contribution in [3.63, 3.8) is 0 Å². The molecule has 0 aliphatic rings. The van der Waals surface area contributed by atoms with Crippen molar-refractivity contribution in [1.29, 1.82) is 0 Å². The molecule has 0 bridgehead atoms. The van der Waals surface area contributed by atoms with Crippen LogP contribution in [0.15, 0.2) is 6.07 Å². The zero-order valence-electron chi connectivity index (χ0n) is 5.83. The summed E-state index contributed by atoms with van der Waals surface area (Å²) in [6.07, 6.45) is 0. The van der Waals surface area contributed by atoms with Crippen LogP contribution in [0.5, 0.6) is 0 Å². The van der Waals surface area contributed by atoms with Crippen LogP contribution in [0.1, 0.15) is 11.1 Å². The molecule has 0 fully saturated rings. The molecule has 1 rings (SSSR count). The molecule has 0 N–H and O–H groups in total. The van der Waals surface area contributed by atoms with E-state index in [0.29, 0.717) is 11.1 Å². The first kappa shape index (κ1) is 7.19. The minimum Gasteiger partial charge on any atom is -0.204 e. The standard InChI is InChI=1S/C8H7F2/c1-5-3-4-7(9)8(10)6(5)2/h4H,1-2H3. The van der Waals surface area contributed by atoms with Gasteiger partial charge in [-0.15, -0.1) is 0 Å². The second kappa shape index (κ2) is 2.37. The van der Waals surface area contributed by atoms with Crippen molar-refractivity contribution in [3.05, 3.63) is 34.9 Å². The Morgan fingerprint density at radius 3 is 2.40 bits per heavy atom. The molecule has 1 aromatic carbocycles. The zero-order chi connectivity index (χ0) is 7.72. The van der Waals surface area contributed by atoms with Gasteiger partial charge >= 0.3 is 0 Å². The van der Waals surface area contributed by atoms with E-state index in [1.165, 1.54) is 6.92 Å². The number of rotatable bonds is 0. The van der Waals surface area contributed by atoms with Crippen molar-refractivity contribution in [2.45, 2.75) is 13.8 Å². The third kappa shape index (κ3) is 1.01. The SMILES string of the molecule is Cc1[c]cc(F)c(F)c1C. The molecule has 2 heteroatoms. The monoisotopic (exact) mass is 141 g/mol. The molecule has 53 valence electrons. The summed E-state index contributed by atoms with van der Waals surface area (Å²) in [5.74, 6) is -1.60. The fourth-order valence-electron chi connectivity index (χ4n) is 0.687. The normalized spacial score (nSPS) is 10.0. The van der Waals surface area contributed by atoms with Crippen LogP contribution in [-0.2, 0) is 0 Å². The Morgan fingerprint density at radius 1 is 1.30 bits per heavy atom. The highest BCUT2D eigenvalue weighted by Crippen LogP contribution is 2.13. The maximum Gasteiger partial charge on any atom is 0.162 e. The summed E-state index contributed by atoms with van der Waals surface area (Å²) >= 11 is 0. The summed E-state index contributed by atoms with van der Waals surface area (Å²) in [6.45, 7) is 3.22. The quantitative estimate of drug-likeness (QED) is 0.520. The lowest BCUT2D eigenvalue weighted by Gasteiger charge is -1.99. The third-order valence-corrected chi connectivity index (χ3v) is 1.52. The van der Waals surface area contributed by atoms with Gasteiger partial charge in [0, 0.05) is 0 Å². The highest BCUT2D eigenvalue weighted by Gasteiger charge is 2.05. The first-order valence-electron chi connectivity index (χ1n) is 2.96. The summed E-state index contributed by atoms with van der Waals surface area (Å²) in [7, 11) is 0. The Balaban J connectivity index is 3.34. The molecule has 0 atom stereocenters. The van der Waals surface area contributed by atoms with E-state index in [1.54, 1.807) is 6.92 Å². The van der Waals surface area contributed by atoms with Crippen LogP contribution < -0.4 is 0 Å². The van der Waals surface area contributed by atoms with Crippen molar-refractivity contribution >= 4 is 0 Å². The smallest absolute Gasteiger partial charge is 0.162 e. The maximum absolute atomic E-state index is 12.6. The maximum atomic E-state index is 12.6. The van der Waals surface area contributed by atoms with Crippen LogP contribution >= 0.6 is 0 Å². The van der Waals surface area contributed by atoms with E-state index in [2.05, 4.69) is 6.07 Å². The second-order valence-electron chi connectivity index (χ2n) is 2.20. The van der Waals surface area contributed by atoms with Gasteiger partial charge in [-0.3, -0.25) is 0 Å². The molecule has 0 amide bonds. The Morgan fingerprint density at radius 2 is 1.90 bits per heavy atom. The van der Waals surface area contributed by atoms with Gasteiger partial charge in [0.15, 0.2) is 11.6 Å². The number of benzene rings is 1. The largest absolute Gasteiger partial charge is 0.204 e. The van der Waals surface area contributed by atoms with Crippen molar-refractivity contribution in [3.8, 4) is 0 Å². The predicted molar refractivity (Wildman–Crippen MR) is 34.7 cm³/mol. The molecule has 0 aliphatic carbocycles. The zero-order valence-corrected chi connectivity index (χ0v) is 5.83. The number of hydrogen-bond donors (Lipinski definition) is 0. The van der Waals surface area contributed by atoms with Crippen molar-refractivity contribution in [2.24, 2.45) is 0 Å². The van der Waals surface area contributed by atoms with E-state index in [4.69, 9.17) is 0 Å². The first-order valence-corrected chi connectivity index (χ1v) is 2.96. The number of halogens is 2. The molecule has 0 aromatic heterocycles. The van der Waals surface area contributed by atoms with Gasteiger partial charge in [0.05, 0.1) is 0 Å². The highest BCUT2D eigenvalue weighted by atomic mass is 19.2. The number of hydrogen-bond acceptors (Lipinski definition) is 0. The average molecular weight is 141 g/mol. The second-order valence-corrected chi connectivity index (χ2v) is 2.20. The highest BCUT2D eigenvalue weighted by molar-refractivity contribution is 5.25. The Bertz CT molecular complexity index is 227. The molecule has 1 radical (unpaired) electrons. The summed E-state index contributed by atoms with van der Waals surface area (Å²) in [6, 6.07) is 3.61. The van der Waals surface area contributed by atoms with Gasteiger partial charge in [-0.25, -0.2) is 8.78 Å². The fraction of sp³-hybridized carbons (Fsp3) is 0.250. The average Bonchev–Trinajstić information content (AvgIpc) is 1.93. The van der Waals surface area contributed by atoms with Crippen LogP contribution in [0.25, 0.3) is 0 Å². The van der Waals surface area contributed by atoms with Gasteiger partial charge in [0.2, 0.25) is 0 Å². The van der Waals surface area contributed by atoms with Crippen molar-refractivity contribution in [2.75, 3.05) is 0 Å². The molecule has 0 nitrogen and oxygen atoms in total. The van der Waals surface area contributed by atoms with E-state index in [0.717, 1.165) is 6.07 Å². The minimum absolute atomic E-state index is 0.333. The molecular formula is C8H7F2. The third-order valence-electron chi connectivity index (χ3n) is 1.52. The van der Waals surface area contributed by atoms with Gasteiger partial charge in [-0.05, 0) is 37.1 Å². The predicted octanol–water partition coefficient (Wildman–Crippen LogP) is 2.38. The van der Waals surface area contributed by atoms with E-state index in [1.807, 2.05) is 0 Å². The lowest BCUT2D eigenvalue weighted by atomic mass is 10.1. The lowest BCUT2D eigenvalue weighted by molar-refractivity contribution is 0.501. The topological polar surface area (TPSA) is 0 Å². The van der Waals surface area contributed by atoms with Gasteiger partial charge in [-0.2, -0.15) is 0 Å². The Hall–Kier alpha value is -0.920. The molecule has 0 saturated carbocycles. The van der Waals surface area contributed by atoms with Crippen LogP contribution in [0.4, 0.5) is 8.78 Å². The Kier molecular flexibility index (Phi) is 1.70. The molecule has 0 heterocycles. The Labute approximate surface area is 58.5 Å². The number of aryl methyl sites for hydroxylation is 1. The van der Waals surface area contributed by atoms with E-state index >= 15 is 0 Å². The first-order chi connectivity index (χ1) is 4.63. The minimum atomic E-state index is -0.830. The van der Waals surface area contributed by atoms with Crippen LogP contribution in [-0.4, -0.2) is 0 Å². The molecule has 0 aliphatic heterocycles. The molecule has 1 aromatic rings.